The van der Waals surface area contributed by atoms with Crippen molar-refractivity contribution in [1.29, 1.82) is 0 Å². The zero-order valence-corrected chi connectivity index (χ0v) is 21.1. The highest BCUT2D eigenvalue weighted by Gasteiger charge is 2.23. The monoisotopic (exact) mass is 516 g/mol. The summed E-state index contributed by atoms with van der Waals surface area (Å²) in [5.74, 6) is -1.62. The van der Waals surface area contributed by atoms with Crippen LogP contribution in [0.3, 0.4) is 0 Å². The van der Waals surface area contributed by atoms with Crippen molar-refractivity contribution < 1.29 is 19.5 Å². The summed E-state index contributed by atoms with van der Waals surface area (Å²) in [7, 11) is 0. The molecule has 2 aromatic carbocycles. The molecule has 186 valence electrons. The highest BCUT2D eigenvalue weighted by Crippen LogP contribution is 2.24. The van der Waals surface area contributed by atoms with Crippen LogP contribution in [-0.2, 0) is 22.4 Å². The Kier molecular flexibility index (Phi) is 10.3. The molecule has 1 aliphatic rings. The number of hydrogen-bond acceptors (Lipinski definition) is 4. The van der Waals surface area contributed by atoms with Crippen molar-refractivity contribution in [3.63, 3.8) is 0 Å². The molecule has 2 aromatic rings. The lowest BCUT2D eigenvalue weighted by molar-refractivity contribution is -0.139. The number of ketones is 1. The second-order valence-corrected chi connectivity index (χ2v) is 9.62. The van der Waals surface area contributed by atoms with E-state index >= 15 is 0 Å². The molecule has 0 fully saturated rings. The number of aliphatic carboxylic acids is 1. The second kappa shape index (κ2) is 13.4. The number of rotatable bonds is 13. The molecule has 0 saturated carbocycles. The van der Waals surface area contributed by atoms with E-state index in [-0.39, 0.29) is 27.8 Å². The number of nitrogens with zero attached hydrogens (tertiary/aromatic N) is 1. The van der Waals surface area contributed by atoms with Gasteiger partial charge in [-0.3, -0.25) is 14.6 Å². The van der Waals surface area contributed by atoms with Crippen LogP contribution in [0.1, 0.15) is 66.4 Å². The van der Waals surface area contributed by atoms with E-state index in [0.29, 0.717) is 12.8 Å². The van der Waals surface area contributed by atoms with Gasteiger partial charge in [0.2, 0.25) is 0 Å². The lowest BCUT2D eigenvalue weighted by Gasteiger charge is -2.16. The fourth-order valence-corrected chi connectivity index (χ4v) is 4.69. The Balaban J connectivity index is 1.46. The Bertz CT molecular complexity index is 1060. The average Bonchev–Trinajstić information content (AvgIpc) is 3.33. The molecule has 1 amide bonds. The van der Waals surface area contributed by atoms with Crippen molar-refractivity contribution in [1.82, 2.24) is 5.32 Å². The summed E-state index contributed by atoms with van der Waals surface area (Å²) in [4.78, 5) is 41.1. The topological polar surface area (TPSA) is 95.8 Å². The molecule has 1 heterocycles. The number of aliphatic imine (C=N–C) groups is 1. The van der Waals surface area contributed by atoms with E-state index in [2.05, 4.69) is 10.3 Å². The number of carboxylic acids is 1. The first-order chi connectivity index (χ1) is 16.8. The molecule has 1 aliphatic heterocycles. The molecule has 0 unspecified atom stereocenters. The summed E-state index contributed by atoms with van der Waals surface area (Å²) >= 11 is 12.1. The first kappa shape index (κ1) is 26.9. The molecule has 0 aromatic heterocycles. The highest BCUT2D eigenvalue weighted by atomic mass is 35.5. The summed E-state index contributed by atoms with van der Waals surface area (Å²) in [6.45, 7) is 0.968. The molecular weight excluding hydrogens is 487 g/mol. The fourth-order valence-electron chi connectivity index (χ4n) is 4.12. The SMILES string of the molecule is O=C(CCCCCC1=NCCC1)Cc1ccc(C[C@H](NC(=O)c2c(Cl)cccc2Cl)C(=O)O)cc1. The third kappa shape index (κ3) is 8.48. The predicted octanol–water partition coefficient (Wildman–Crippen LogP) is 5.72. The second-order valence-electron chi connectivity index (χ2n) is 8.81. The van der Waals surface area contributed by atoms with Crippen molar-refractivity contribution in [3.8, 4) is 0 Å². The third-order valence-corrected chi connectivity index (χ3v) is 6.67. The lowest BCUT2D eigenvalue weighted by atomic mass is 10.00. The van der Waals surface area contributed by atoms with Crippen molar-refractivity contribution in [2.75, 3.05) is 6.54 Å². The van der Waals surface area contributed by atoms with Crippen molar-refractivity contribution >= 4 is 46.6 Å². The summed E-state index contributed by atoms with van der Waals surface area (Å²) in [5.41, 5.74) is 2.99. The molecule has 3 rings (SSSR count). The number of amides is 1. The molecular formula is C27H30Cl2N2O4. The molecule has 0 aliphatic carbocycles. The van der Waals surface area contributed by atoms with Gasteiger partial charge in [0.15, 0.2) is 0 Å². The van der Waals surface area contributed by atoms with Gasteiger partial charge in [-0.2, -0.15) is 0 Å². The van der Waals surface area contributed by atoms with Crippen LogP contribution in [-0.4, -0.2) is 41.1 Å². The summed E-state index contributed by atoms with van der Waals surface area (Å²) in [6, 6.07) is 10.7. The van der Waals surface area contributed by atoms with Crippen LogP contribution < -0.4 is 5.32 Å². The van der Waals surface area contributed by atoms with E-state index < -0.39 is 17.9 Å². The van der Waals surface area contributed by atoms with Gasteiger partial charge in [0.25, 0.3) is 5.91 Å². The summed E-state index contributed by atoms with van der Waals surface area (Å²) in [6.07, 6.45) is 7.38. The zero-order chi connectivity index (χ0) is 25.2. The number of carbonyl (C=O) groups is 3. The van der Waals surface area contributed by atoms with Crippen molar-refractivity contribution in [2.24, 2.45) is 4.99 Å². The number of unbranched alkanes of at least 4 members (excludes halogenated alkanes) is 2. The lowest BCUT2D eigenvalue weighted by Crippen LogP contribution is -2.42. The minimum absolute atomic E-state index is 0.0447. The number of benzene rings is 2. The highest BCUT2D eigenvalue weighted by molar-refractivity contribution is 6.39. The zero-order valence-electron chi connectivity index (χ0n) is 19.6. The van der Waals surface area contributed by atoms with Crippen LogP contribution in [0.25, 0.3) is 0 Å². The van der Waals surface area contributed by atoms with Gasteiger partial charge in [-0.1, -0.05) is 60.0 Å². The van der Waals surface area contributed by atoms with Gasteiger partial charge >= 0.3 is 5.97 Å². The molecule has 1 atom stereocenters. The average molecular weight is 517 g/mol. The molecule has 0 bridgehead atoms. The molecule has 35 heavy (non-hydrogen) atoms. The van der Waals surface area contributed by atoms with Crippen LogP contribution >= 0.6 is 23.2 Å². The normalized spacial score (nSPS) is 13.8. The maximum atomic E-state index is 12.6. The first-order valence-electron chi connectivity index (χ1n) is 11.9. The quantitative estimate of drug-likeness (QED) is 0.333. The smallest absolute Gasteiger partial charge is 0.326 e. The number of carboxylic acid groups (broad SMARTS) is 1. The van der Waals surface area contributed by atoms with Gasteiger partial charge in [-0.15, -0.1) is 0 Å². The predicted molar refractivity (Wildman–Crippen MR) is 139 cm³/mol. The standard InChI is InChI=1S/C27H30Cl2N2O4/c28-22-9-4-10-23(29)25(22)26(33)31-24(27(34)35)17-19-13-11-18(12-14-19)16-21(32)8-3-1-2-6-20-7-5-15-30-20/h4,9-14,24H,1-3,5-8,15-17H2,(H,31,33)(H,34,35)/t24-/m0/s1. The van der Waals surface area contributed by atoms with Gasteiger partial charge in [0, 0.05) is 31.5 Å². The summed E-state index contributed by atoms with van der Waals surface area (Å²) in [5, 5.41) is 12.4. The van der Waals surface area contributed by atoms with Gasteiger partial charge < -0.3 is 10.4 Å². The molecule has 0 radical (unpaired) electrons. The summed E-state index contributed by atoms with van der Waals surface area (Å²) < 4.78 is 0. The Hall–Kier alpha value is -2.70. The number of hydrogen-bond donors (Lipinski definition) is 2. The number of halogens is 2. The van der Waals surface area contributed by atoms with Crippen molar-refractivity contribution in [2.45, 2.75) is 63.8 Å². The largest absolute Gasteiger partial charge is 0.480 e. The number of nitrogens with one attached hydrogen (secondary N) is 1. The van der Waals surface area contributed by atoms with Gasteiger partial charge in [0.05, 0.1) is 15.6 Å². The van der Waals surface area contributed by atoms with Gasteiger partial charge in [-0.25, -0.2) is 4.79 Å². The Morgan fingerprint density at radius 3 is 2.29 bits per heavy atom. The molecule has 2 N–H and O–H groups in total. The van der Waals surface area contributed by atoms with Crippen LogP contribution in [0.15, 0.2) is 47.5 Å². The number of Topliss-reactive ketones (excluding diaryl/α,β-unsaturated/α-hetero) is 1. The van der Waals surface area contributed by atoms with E-state index in [4.69, 9.17) is 23.2 Å². The van der Waals surface area contributed by atoms with Gasteiger partial charge in [-0.05, 0) is 55.4 Å². The molecule has 6 nitrogen and oxygen atoms in total. The third-order valence-electron chi connectivity index (χ3n) is 6.04. The first-order valence-corrected chi connectivity index (χ1v) is 12.7. The van der Waals surface area contributed by atoms with E-state index in [1.165, 1.54) is 24.3 Å². The Morgan fingerprint density at radius 2 is 1.66 bits per heavy atom. The fraction of sp³-hybridized carbons (Fsp3) is 0.407. The van der Waals surface area contributed by atoms with E-state index in [9.17, 15) is 19.5 Å². The van der Waals surface area contributed by atoms with E-state index in [0.717, 1.165) is 49.8 Å². The van der Waals surface area contributed by atoms with Crippen LogP contribution in [0.4, 0.5) is 0 Å². The Morgan fingerprint density at radius 1 is 0.971 bits per heavy atom. The van der Waals surface area contributed by atoms with Crippen molar-refractivity contribution in [3.05, 3.63) is 69.2 Å². The molecule has 8 heteroatoms. The molecule has 0 saturated heterocycles. The van der Waals surface area contributed by atoms with Crippen LogP contribution in [0, 0.1) is 0 Å². The molecule has 0 spiro atoms. The minimum Gasteiger partial charge on any atom is -0.480 e. The number of carbonyl (C=O) groups excluding carboxylic acids is 2. The minimum atomic E-state index is -1.17. The maximum Gasteiger partial charge on any atom is 0.326 e. The van der Waals surface area contributed by atoms with Gasteiger partial charge in [0.1, 0.15) is 11.8 Å². The maximum absolute atomic E-state index is 12.6. The van der Waals surface area contributed by atoms with Crippen LogP contribution in [0.5, 0.6) is 0 Å². The Labute approximate surface area is 215 Å². The van der Waals surface area contributed by atoms with E-state index in [1.54, 1.807) is 18.2 Å². The van der Waals surface area contributed by atoms with Crippen LogP contribution in [0.2, 0.25) is 10.0 Å². The van der Waals surface area contributed by atoms with E-state index in [1.807, 2.05) is 12.1 Å².